The predicted molar refractivity (Wildman–Crippen MR) is 91.3 cm³/mol. The number of ether oxygens (including phenoxy) is 1. The molecule has 0 fully saturated rings. The van der Waals surface area contributed by atoms with Crippen molar-refractivity contribution in [2.24, 2.45) is 0 Å². The summed E-state index contributed by atoms with van der Waals surface area (Å²) in [6.45, 7) is 2.20. The lowest BCUT2D eigenvalue weighted by Crippen LogP contribution is -2.04. The molecule has 0 N–H and O–H groups in total. The Morgan fingerprint density at radius 3 is 2.09 bits per heavy atom. The van der Waals surface area contributed by atoms with Crippen molar-refractivity contribution in [1.29, 1.82) is 0 Å². The number of ketones is 1. The van der Waals surface area contributed by atoms with E-state index >= 15 is 0 Å². The van der Waals surface area contributed by atoms with Gasteiger partial charge in [-0.05, 0) is 30.9 Å². The van der Waals surface area contributed by atoms with Gasteiger partial charge in [0.15, 0.2) is 5.78 Å². The molecule has 0 spiro atoms. The second-order valence-electron chi connectivity index (χ2n) is 5.38. The van der Waals surface area contributed by atoms with Crippen LogP contribution in [0.25, 0.3) is 11.1 Å². The third-order valence-electron chi connectivity index (χ3n) is 3.65. The van der Waals surface area contributed by atoms with E-state index in [1.807, 2.05) is 54.6 Å². The Balaban J connectivity index is 1.82. The Morgan fingerprint density at radius 2 is 1.43 bits per heavy atom. The molecule has 2 aromatic carbocycles. The van der Waals surface area contributed by atoms with Crippen LogP contribution in [0.5, 0.6) is 0 Å². The van der Waals surface area contributed by atoms with E-state index < -0.39 is 0 Å². The van der Waals surface area contributed by atoms with Crippen LogP contribution in [0.15, 0.2) is 54.6 Å². The third kappa shape index (κ3) is 5.37. The Hall–Kier alpha value is -2.42. The van der Waals surface area contributed by atoms with E-state index in [2.05, 4.69) is 0 Å². The molecule has 0 heterocycles. The number of carbonyl (C=O) groups excluding carboxylic acids is 2. The first kappa shape index (κ1) is 16.9. The van der Waals surface area contributed by atoms with Crippen LogP contribution in [0.2, 0.25) is 0 Å². The van der Waals surface area contributed by atoms with E-state index in [0.29, 0.717) is 32.3 Å². The van der Waals surface area contributed by atoms with Crippen molar-refractivity contribution < 1.29 is 14.3 Å². The Morgan fingerprint density at radius 1 is 0.826 bits per heavy atom. The molecule has 0 saturated carbocycles. The van der Waals surface area contributed by atoms with E-state index in [-0.39, 0.29) is 11.8 Å². The van der Waals surface area contributed by atoms with Crippen LogP contribution in [0, 0.1) is 0 Å². The number of hydrogen-bond acceptors (Lipinski definition) is 3. The molecule has 0 aliphatic carbocycles. The quantitative estimate of drug-likeness (QED) is 0.404. The second kappa shape index (κ2) is 8.89. The summed E-state index contributed by atoms with van der Waals surface area (Å²) in [5, 5.41) is 0. The molecule has 0 saturated heterocycles. The van der Waals surface area contributed by atoms with Gasteiger partial charge in [0.1, 0.15) is 0 Å². The summed E-state index contributed by atoms with van der Waals surface area (Å²) < 4.78 is 4.86. The van der Waals surface area contributed by atoms with E-state index in [1.54, 1.807) is 6.92 Å². The molecule has 2 aromatic rings. The lowest BCUT2D eigenvalue weighted by Gasteiger charge is -2.05. The van der Waals surface area contributed by atoms with Gasteiger partial charge in [-0.15, -0.1) is 0 Å². The molecule has 3 nitrogen and oxygen atoms in total. The number of hydrogen-bond donors (Lipinski definition) is 0. The Bertz CT molecular complexity index is 630. The minimum atomic E-state index is -0.188. The van der Waals surface area contributed by atoms with Gasteiger partial charge in [0, 0.05) is 18.4 Å². The zero-order valence-electron chi connectivity index (χ0n) is 13.5. The minimum Gasteiger partial charge on any atom is -0.466 e. The van der Waals surface area contributed by atoms with Crippen molar-refractivity contribution in [1.82, 2.24) is 0 Å². The molecule has 3 heteroatoms. The van der Waals surface area contributed by atoms with Gasteiger partial charge in [-0.2, -0.15) is 0 Å². The topological polar surface area (TPSA) is 43.4 Å². The molecule has 0 aliphatic rings. The number of unbranched alkanes of at least 4 members (excludes halogenated alkanes) is 1. The van der Waals surface area contributed by atoms with Crippen LogP contribution in [-0.2, 0) is 9.53 Å². The predicted octanol–water partition coefficient (Wildman–Crippen LogP) is 4.66. The number of rotatable bonds is 8. The summed E-state index contributed by atoms with van der Waals surface area (Å²) in [4.78, 5) is 23.4. The van der Waals surface area contributed by atoms with Gasteiger partial charge in [-0.3, -0.25) is 9.59 Å². The van der Waals surface area contributed by atoms with Gasteiger partial charge in [0.2, 0.25) is 0 Å². The first-order valence-electron chi connectivity index (χ1n) is 8.05. The highest BCUT2D eigenvalue weighted by atomic mass is 16.5. The maximum Gasteiger partial charge on any atom is 0.305 e. The molecule has 23 heavy (non-hydrogen) atoms. The maximum absolute atomic E-state index is 12.1. The number of benzene rings is 2. The van der Waals surface area contributed by atoms with Gasteiger partial charge in [-0.1, -0.05) is 54.6 Å². The Labute approximate surface area is 137 Å². The van der Waals surface area contributed by atoms with Crippen LogP contribution < -0.4 is 0 Å². The lowest BCUT2D eigenvalue weighted by atomic mass is 10.0. The molecule has 0 atom stereocenters. The number of esters is 1. The monoisotopic (exact) mass is 310 g/mol. The van der Waals surface area contributed by atoms with Crippen molar-refractivity contribution in [3.8, 4) is 11.1 Å². The fourth-order valence-electron chi connectivity index (χ4n) is 2.41. The fourth-order valence-corrected chi connectivity index (χ4v) is 2.41. The lowest BCUT2D eigenvalue weighted by molar-refractivity contribution is -0.143. The minimum absolute atomic E-state index is 0.119. The summed E-state index contributed by atoms with van der Waals surface area (Å²) in [6.07, 6.45) is 2.24. The van der Waals surface area contributed by atoms with Crippen LogP contribution in [-0.4, -0.2) is 18.4 Å². The summed E-state index contributed by atoms with van der Waals surface area (Å²) in [7, 11) is 0. The summed E-state index contributed by atoms with van der Waals surface area (Å²) >= 11 is 0. The molecular weight excluding hydrogens is 288 g/mol. The Kier molecular flexibility index (Phi) is 6.55. The van der Waals surface area contributed by atoms with Crippen molar-refractivity contribution in [2.45, 2.75) is 32.6 Å². The van der Waals surface area contributed by atoms with Crippen molar-refractivity contribution in [3.63, 3.8) is 0 Å². The normalized spacial score (nSPS) is 10.3. The van der Waals surface area contributed by atoms with Crippen molar-refractivity contribution in [3.05, 3.63) is 60.2 Å². The van der Waals surface area contributed by atoms with Crippen LogP contribution in [0.3, 0.4) is 0 Å². The molecule has 120 valence electrons. The molecule has 0 aromatic heterocycles. The van der Waals surface area contributed by atoms with Crippen LogP contribution >= 0.6 is 0 Å². The number of Topliss-reactive ketones (excluding diaryl/α,β-unsaturated/α-hetero) is 1. The van der Waals surface area contributed by atoms with Gasteiger partial charge in [-0.25, -0.2) is 0 Å². The largest absolute Gasteiger partial charge is 0.466 e. The third-order valence-corrected chi connectivity index (χ3v) is 3.65. The van der Waals surface area contributed by atoms with Crippen molar-refractivity contribution >= 4 is 11.8 Å². The fraction of sp³-hybridized carbons (Fsp3) is 0.300. The first-order valence-corrected chi connectivity index (χ1v) is 8.05. The molecule has 0 radical (unpaired) electrons. The zero-order chi connectivity index (χ0) is 16.5. The summed E-state index contributed by atoms with van der Waals surface area (Å²) in [5.41, 5.74) is 2.96. The van der Waals surface area contributed by atoms with Crippen LogP contribution in [0.1, 0.15) is 43.0 Å². The van der Waals surface area contributed by atoms with Gasteiger partial charge in [0.25, 0.3) is 0 Å². The molecule has 0 aliphatic heterocycles. The molecule has 2 rings (SSSR count). The van der Waals surface area contributed by atoms with Crippen molar-refractivity contribution in [2.75, 3.05) is 6.61 Å². The SMILES string of the molecule is CCOC(=O)CCCCC(=O)c1ccc(-c2ccccc2)cc1. The van der Waals surface area contributed by atoms with E-state index in [4.69, 9.17) is 4.74 Å². The highest BCUT2D eigenvalue weighted by Gasteiger charge is 2.07. The van der Waals surface area contributed by atoms with Crippen LogP contribution in [0.4, 0.5) is 0 Å². The summed E-state index contributed by atoms with van der Waals surface area (Å²) in [5.74, 6) is -0.0689. The molecule has 0 bridgehead atoms. The van der Waals surface area contributed by atoms with E-state index in [0.717, 1.165) is 16.7 Å². The average Bonchev–Trinajstić information content (AvgIpc) is 2.60. The summed E-state index contributed by atoms with van der Waals surface area (Å²) in [6, 6.07) is 17.8. The number of carbonyl (C=O) groups is 2. The van der Waals surface area contributed by atoms with E-state index in [1.165, 1.54) is 0 Å². The first-order chi connectivity index (χ1) is 11.2. The molecule has 0 amide bonds. The second-order valence-corrected chi connectivity index (χ2v) is 5.38. The van der Waals surface area contributed by atoms with Gasteiger partial charge < -0.3 is 4.74 Å². The average molecular weight is 310 g/mol. The zero-order valence-corrected chi connectivity index (χ0v) is 13.5. The maximum atomic E-state index is 12.1. The highest BCUT2D eigenvalue weighted by molar-refractivity contribution is 5.96. The highest BCUT2D eigenvalue weighted by Crippen LogP contribution is 2.20. The standard InChI is InChI=1S/C20H22O3/c1-2-23-20(22)11-7-6-10-19(21)18-14-12-17(13-15-18)16-8-4-3-5-9-16/h3-5,8-9,12-15H,2,6-7,10-11H2,1H3. The molecular formula is C20H22O3. The molecule has 0 unspecified atom stereocenters. The van der Waals surface area contributed by atoms with Gasteiger partial charge in [0.05, 0.1) is 6.61 Å². The van der Waals surface area contributed by atoms with Gasteiger partial charge >= 0.3 is 5.97 Å². The van der Waals surface area contributed by atoms with E-state index in [9.17, 15) is 9.59 Å². The smallest absolute Gasteiger partial charge is 0.305 e.